The lowest BCUT2D eigenvalue weighted by molar-refractivity contribution is -0.274. The van der Waals surface area contributed by atoms with Crippen LogP contribution in [0.2, 0.25) is 5.02 Å². The molecule has 0 amide bonds. The van der Waals surface area contributed by atoms with Crippen LogP contribution in [0.25, 0.3) is 10.9 Å². The normalized spacial score (nSPS) is 11.8. The van der Waals surface area contributed by atoms with Gasteiger partial charge in [0.15, 0.2) is 0 Å². The third-order valence-electron chi connectivity index (χ3n) is 5.03. The second-order valence-corrected chi connectivity index (χ2v) is 9.74. The highest BCUT2D eigenvalue weighted by atomic mass is 35.5. The zero-order valence-electron chi connectivity index (χ0n) is 18.4. The topological polar surface area (TPSA) is 72.4 Å². The summed E-state index contributed by atoms with van der Waals surface area (Å²) in [5.41, 5.74) is 1.22. The largest absolute Gasteiger partial charge is 0.573 e. The molecule has 2 N–H and O–H groups in total. The van der Waals surface area contributed by atoms with Crippen molar-refractivity contribution in [2.24, 2.45) is 0 Å². The molecule has 1 aromatic heterocycles. The highest BCUT2D eigenvalue weighted by Gasteiger charge is 2.31. The van der Waals surface area contributed by atoms with Crippen molar-refractivity contribution in [1.82, 2.24) is 9.29 Å². The van der Waals surface area contributed by atoms with Crippen LogP contribution in [-0.2, 0) is 16.6 Å². The summed E-state index contributed by atoms with van der Waals surface area (Å²) < 4.78 is 83.2. The van der Waals surface area contributed by atoms with Crippen LogP contribution in [0.5, 0.6) is 5.75 Å². The van der Waals surface area contributed by atoms with Gasteiger partial charge in [0.25, 0.3) is 10.0 Å². The molecule has 192 valence electrons. The molecule has 0 saturated heterocycles. The monoisotopic (exact) mass is 563 g/mol. The Morgan fingerprint density at radius 3 is 2.44 bits per heavy atom. The number of nitrogens with one attached hydrogen (secondary N) is 2. The van der Waals surface area contributed by atoms with Gasteiger partial charge in [0.2, 0.25) is 0 Å². The van der Waals surface area contributed by atoms with Gasteiger partial charge in [0, 0.05) is 34.9 Å². The summed E-state index contributed by atoms with van der Waals surface area (Å²) in [5.74, 6) is -1.68. The highest BCUT2D eigenvalue weighted by molar-refractivity contribution is 7.90. The van der Waals surface area contributed by atoms with Gasteiger partial charge in [0.1, 0.15) is 11.6 Å². The SMILES string of the molecule is CNCc1cn(S(=O)(=O)c2cccc(Cl)c2)c2cc(Nc3ccc(OC(F)(F)F)cc3F)ccc12.Cl. The van der Waals surface area contributed by atoms with Gasteiger partial charge in [-0.05, 0) is 55.1 Å². The number of fused-ring (bicyclic) bond motifs is 1. The summed E-state index contributed by atoms with van der Waals surface area (Å²) in [7, 11) is -2.31. The molecule has 0 atom stereocenters. The number of anilines is 2. The summed E-state index contributed by atoms with van der Waals surface area (Å²) in [5, 5.41) is 6.65. The van der Waals surface area contributed by atoms with E-state index in [1.54, 1.807) is 25.2 Å². The lowest BCUT2D eigenvalue weighted by atomic mass is 10.1. The van der Waals surface area contributed by atoms with Crippen molar-refractivity contribution in [2.75, 3.05) is 12.4 Å². The van der Waals surface area contributed by atoms with E-state index in [-0.39, 0.29) is 28.0 Å². The zero-order valence-corrected chi connectivity index (χ0v) is 20.8. The van der Waals surface area contributed by atoms with Gasteiger partial charge in [-0.2, -0.15) is 0 Å². The predicted octanol–water partition coefficient (Wildman–Crippen LogP) is 6.45. The van der Waals surface area contributed by atoms with E-state index in [0.29, 0.717) is 34.8 Å². The zero-order chi connectivity index (χ0) is 25.4. The first-order chi connectivity index (χ1) is 16.5. The van der Waals surface area contributed by atoms with Gasteiger partial charge in [0.05, 0.1) is 16.1 Å². The quantitative estimate of drug-likeness (QED) is 0.253. The standard InChI is InChI=1S/C23H18ClF4N3O3S.ClH/c1-29-12-14-13-31(35(32,33)18-4-2-3-15(24)9-18)22-10-16(5-7-19(14)22)30-21-8-6-17(11-20(21)25)34-23(26,27)28;/h2-11,13,29-30H,12H2,1H3;1H. The van der Waals surface area contributed by atoms with Crippen LogP contribution in [0.3, 0.4) is 0 Å². The van der Waals surface area contributed by atoms with Gasteiger partial charge >= 0.3 is 6.36 Å². The number of aromatic nitrogens is 1. The van der Waals surface area contributed by atoms with E-state index >= 15 is 0 Å². The molecule has 1 heterocycles. The van der Waals surface area contributed by atoms with E-state index in [4.69, 9.17) is 11.6 Å². The summed E-state index contributed by atoms with van der Waals surface area (Å²) in [6.45, 7) is 0.386. The number of hydrogen-bond donors (Lipinski definition) is 2. The summed E-state index contributed by atoms with van der Waals surface area (Å²) in [6.07, 6.45) is -3.46. The van der Waals surface area contributed by atoms with E-state index in [1.165, 1.54) is 30.5 Å². The first-order valence-corrected chi connectivity index (χ1v) is 11.9. The minimum atomic E-state index is -4.95. The highest BCUT2D eigenvalue weighted by Crippen LogP contribution is 2.32. The number of rotatable bonds is 7. The maximum Gasteiger partial charge on any atom is 0.573 e. The Balaban J connectivity index is 0.00000361. The Bertz CT molecular complexity index is 1510. The van der Waals surface area contributed by atoms with Crippen molar-refractivity contribution in [2.45, 2.75) is 17.8 Å². The molecule has 0 spiro atoms. The molecule has 4 rings (SSSR count). The Morgan fingerprint density at radius 2 is 1.81 bits per heavy atom. The average Bonchev–Trinajstić information content (AvgIpc) is 3.13. The fourth-order valence-electron chi connectivity index (χ4n) is 3.56. The minimum absolute atomic E-state index is 0. The number of alkyl halides is 3. The van der Waals surface area contributed by atoms with E-state index in [1.807, 2.05) is 0 Å². The molecule has 0 unspecified atom stereocenters. The molecule has 0 aliphatic rings. The first kappa shape index (κ1) is 27.6. The number of benzene rings is 3. The Hall–Kier alpha value is -2.99. The Morgan fingerprint density at radius 1 is 1.06 bits per heavy atom. The third kappa shape index (κ3) is 5.86. The van der Waals surface area contributed by atoms with Crippen molar-refractivity contribution < 1.29 is 30.7 Å². The van der Waals surface area contributed by atoms with Crippen molar-refractivity contribution in [3.63, 3.8) is 0 Å². The van der Waals surface area contributed by atoms with Gasteiger partial charge < -0.3 is 15.4 Å². The molecule has 4 aromatic rings. The molecule has 0 fully saturated rings. The molecular formula is C23H19Cl2F4N3O3S. The second-order valence-electron chi connectivity index (χ2n) is 7.49. The minimum Gasteiger partial charge on any atom is -0.406 e. The van der Waals surface area contributed by atoms with Gasteiger partial charge in [-0.25, -0.2) is 16.8 Å². The Kier molecular flexibility index (Phi) is 8.09. The van der Waals surface area contributed by atoms with Crippen LogP contribution in [0.15, 0.2) is 71.8 Å². The van der Waals surface area contributed by atoms with Crippen LogP contribution < -0.4 is 15.4 Å². The van der Waals surface area contributed by atoms with Crippen molar-refractivity contribution in [3.8, 4) is 5.75 Å². The van der Waals surface area contributed by atoms with E-state index in [2.05, 4.69) is 15.4 Å². The van der Waals surface area contributed by atoms with Crippen molar-refractivity contribution in [1.29, 1.82) is 0 Å². The summed E-state index contributed by atoms with van der Waals surface area (Å²) in [6, 6.07) is 13.3. The van der Waals surface area contributed by atoms with Crippen LogP contribution in [-0.4, -0.2) is 25.8 Å². The van der Waals surface area contributed by atoms with Crippen LogP contribution >= 0.6 is 24.0 Å². The molecular weight excluding hydrogens is 545 g/mol. The van der Waals surface area contributed by atoms with Crippen LogP contribution in [0.4, 0.5) is 28.9 Å². The van der Waals surface area contributed by atoms with Gasteiger partial charge in [-0.1, -0.05) is 23.7 Å². The second kappa shape index (κ2) is 10.6. The molecule has 36 heavy (non-hydrogen) atoms. The molecule has 6 nitrogen and oxygen atoms in total. The van der Waals surface area contributed by atoms with Gasteiger partial charge in [-0.15, -0.1) is 25.6 Å². The van der Waals surface area contributed by atoms with Gasteiger partial charge in [-0.3, -0.25) is 0 Å². The summed E-state index contributed by atoms with van der Waals surface area (Å²) in [4.78, 5) is -0.0115. The summed E-state index contributed by atoms with van der Waals surface area (Å²) >= 11 is 5.99. The molecule has 0 aliphatic carbocycles. The number of nitrogens with zero attached hydrogens (tertiary/aromatic N) is 1. The predicted molar refractivity (Wildman–Crippen MR) is 132 cm³/mol. The third-order valence-corrected chi connectivity index (χ3v) is 6.93. The number of ether oxygens (including phenoxy) is 1. The van der Waals surface area contributed by atoms with Crippen LogP contribution in [0, 0.1) is 5.82 Å². The molecule has 0 aliphatic heterocycles. The molecule has 3 aromatic carbocycles. The average molecular weight is 564 g/mol. The fraction of sp³-hybridized carbons (Fsp3) is 0.130. The maximum atomic E-state index is 14.4. The van der Waals surface area contributed by atoms with E-state index in [0.717, 1.165) is 16.1 Å². The van der Waals surface area contributed by atoms with Crippen molar-refractivity contribution in [3.05, 3.63) is 83.3 Å². The molecule has 0 bridgehead atoms. The first-order valence-electron chi connectivity index (χ1n) is 10.1. The maximum absolute atomic E-state index is 14.4. The number of halogens is 6. The van der Waals surface area contributed by atoms with E-state index < -0.39 is 28.0 Å². The van der Waals surface area contributed by atoms with E-state index in [9.17, 15) is 26.0 Å². The lowest BCUT2D eigenvalue weighted by Crippen LogP contribution is -2.17. The van der Waals surface area contributed by atoms with Crippen molar-refractivity contribution >= 4 is 56.3 Å². The lowest BCUT2D eigenvalue weighted by Gasteiger charge is -2.12. The molecule has 0 saturated carbocycles. The smallest absolute Gasteiger partial charge is 0.406 e. The fourth-order valence-corrected chi connectivity index (χ4v) is 5.25. The molecule has 0 radical (unpaired) electrons. The number of hydrogen-bond acceptors (Lipinski definition) is 5. The Labute approximate surface area is 215 Å². The molecule has 13 heteroatoms. The van der Waals surface area contributed by atoms with Crippen LogP contribution in [0.1, 0.15) is 5.56 Å².